The van der Waals surface area contributed by atoms with Crippen LogP contribution in [0.1, 0.15) is 57.2 Å². The second-order valence-corrected chi connectivity index (χ2v) is 8.19. The molecule has 0 amide bonds. The van der Waals surface area contributed by atoms with Crippen LogP contribution < -0.4 is 5.69 Å². The maximum Gasteiger partial charge on any atom is 0.348 e. The Bertz CT molecular complexity index is 591. The summed E-state index contributed by atoms with van der Waals surface area (Å²) in [5.74, 6) is 1.74. The molecule has 1 fully saturated rings. The zero-order chi connectivity index (χ0) is 16.2. The molecule has 3 rings (SSSR count). The van der Waals surface area contributed by atoms with Gasteiger partial charge in [-0.25, -0.2) is 4.79 Å². The van der Waals surface area contributed by atoms with Crippen LogP contribution >= 0.6 is 11.8 Å². The van der Waals surface area contributed by atoms with Gasteiger partial charge < -0.3 is 4.74 Å². The summed E-state index contributed by atoms with van der Waals surface area (Å²) in [4.78, 5) is 17.0. The molecule has 0 N–H and O–H groups in total. The van der Waals surface area contributed by atoms with Crippen molar-refractivity contribution >= 4 is 11.8 Å². The molecule has 2 aliphatic rings. The van der Waals surface area contributed by atoms with E-state index in [1.807, 2.05) is 4.57 Å². The van der Waals surface area contributed by atoms with Crippen molar-refractivity contribution in [1.29, 1.82) is 0 Å². The molecule has 0 bridgehead atoms. The summed E-state index contributed by atoms with van der Waals surface area (Å²) >= 11 is 1.77. The first-order valence-corrected chi connectivity index (χ1v) is 10.0. The number of fused-ring (bicyclic) bond motifs is 1. The van der Waals surface area contributed by atoms with E-state index in [0.29, 0.717) is 12.5 Å². The smallest absolute Gasteiger partial charge is 0.348 e. The van der Waals surface area contributed by atoms with Crippen LogP contribution in [0.25, 0.3) is 0 Å². The van der Waals surface area contributed by atoms with Gasteiger partial charge >= 0.3 is 5.69 Å². The average Bonchev–Trinajstić information content (AvgIpc) is 3.03. The molecule has 128 valence electrons. The van der Waals surface area contributed by atoms with Crippen molar-refractivity contribution in [3.8, 4) is 0 Å². The molecule has 23 heavy (non-hydrogen) atoms. The number of aromatic nitrogens is 2. The van der Waals surface area contributed by atoms with Gasteiger partial charge in [-0.05, 0) is 56.6 Å². The molecular weight excluding hydrogens is 308 g/mol. The standard InChI is InChI=1S/C18H28N2O2S/c1-13(2)9-11-23-17-15-7-3-4-8-16(15)20(18(21)19-17)12-14-6-5-10-22-14/h13-14H,3-12H2,1-2H3. The van der Waals surface area contributed by atoms with Gasteiger partial charge in [-0.15, -0.1) is 11.8 Å². The molecule has 5 heteroatoms. The molecule has 0 radical (unpaired) electrons. The van der Waals surface area contributed by atoms with E-state index in [9.17, 15) is 4.79 Å². The summed E-state index contributed by atoms with van der Waals surface area (Å²) in [7, 11) is 0. The molecule has 1 aromatic heterocycles. The first-order valence-electron chi connectivity index (χ1n) is 9.02. The second-order valence-electron chi connectivity index (χ2n) is 7.11. The van der Waals surface area contributed by atoms with Crippen LogP contribution in [-0.2, 0) is 24.1 Å². The molecule has 0 saturated carbocycles. The lowest BCUT2D eigenvalue weighted by molar-refractivity contribution is 0.0947. The Hall–Kier alpha value is -0.810. The first kappa shape index (κ1) is 17.0. The lowest BCUT2D eigenvalue weighted by Crippen LogP contribution is -2.33. The van der Waals surface area contributed by atoms with Crippen LogP contribution in [0.2, 0.25) is 0 Å². The lowest BCUT2D eigenvalue weighted by Gasteiger charge is -2.24. The van der Waals surface area contributed by atoms with E-state index in [2.05, 4.69) is 18.8 Å². The Balaban J connectivity index is 1.84. The molecule has 1 saturated heterocycles. The van der Waals surface area contributed by atoms with Gasteiger partial charge in [-0.1, -0.05) is 13.8 Å². The van der Waals surface area contributed by atoms with Gasteiger partial charge in [0.1, 0.15) is 5.03 Å². The van der Waals surface area contributed by atoms with Gasteiger partial charge in [0.25, 0.3) is 0 Å². The fourth-order valence-corrected chi connectivity index (χ4v) is 4.76. The summed E-state index contributed by atoms with van der Waals surface area (Å²) in [6.07, 6.45) is 8.00. The SMILES string of the molecule is CC(C)CCSc1nc(=O)n(CC2CCCO2)c2c1CCCC2. The fraction of sp³-hybridized carbons (Fsp3) is 0.778. The Kier molecular flexibility index (Phi) is 5.81. The highest BCUT2D eigenvalue weighted by atomic mass is 32.2. The summed E-state index contributed by atoms with van der Waals surface area (Å²) in [6, 6.07) is 0. The largest absolute Gasteiger partial charge is 0.376 e. The van der Waals surface area contributed by atoms with Crippen molar-refractivity contribution in [3.05, 3.63) is 21.7 Å². The number of hydrogen-bond acceptors (Lipinski definition) is 4. The molecule has 1 aliphatic carbocycles. The second kappa shape index (κ2) is 7.84. The molecule has 1 atom stereocenters. The molecule has 1 aliphatic heterocycles. The van der Waals surface area contributed by atoms with Gasteiger partial charge in [0.05, 0.1) is 12.6 Å². The van der Waals surface area contributed by atoms with Gasteiger partial charge in [0.2, 0.25) is 0 Å². The van der Waals surface area contributed by atoms with Gasteiger partial charge in [-0.3, -0.25) is 4.57 Å². The number of thioether (sulfide) groups is 1. The molecule has 0 spiro atoms. The third-order valence-corrected chi connectivity index (χ3v) is 5.85. The predicted molar refractivity (Wildman–Crippen MR) is 94.3 cm³/mol. The fourth-order valence-electron chi connectivity index (χ4n) is 3.44. The van der Waals surface area contributed by atoms with Crippen molar-refractivity contribution in [2.24, 2.45) is 5.92 Å². The molecular formula is C18H28N2O2S. The normalized spacial score (nSPS) is 20.9. The number of nitrogens with zero attached hydrogens (tertiary/aromatic N) is 2. The van der Waals surface area contributed by atoms with E-state index in [1.165, 1.54) is 30.5 Å². The van der Waals surface area contributed by atoms with Crippen molar-refractivity contribution in [1.82, 2.24) is 9.55 Å². The van der Waals surface area contributed by atoms with E-state index in [-0.39, 0.29) is 11.8 Å². The molecule has 0 aromatic carbocycles. The number of rotatable bonds is 6. The first-order chi connectivity index (χ1) is 11.1. The van der Waals surface area contributed by atoms with E-state index in [0.717, 1.165) is 43.1 Å². The molecule has 1 unspecified atom stereocenters. The maximum absolute atomic E-state index is 12.6. The van der Waals surface area contributed by atoms with Gasteiger partial charge in [0, 0.05) is 17.9 Å². The Morgan fingerprint density at radius 1 is 1.30 bits per heavy atom. The van der Waals surface area contributed by atoms with E-state index in [1.54, 1.807) is 11.8 Å². The van der Waals surface area contributed by atoms with Crippen LogP contribution in [0.4, 0.5) is 0 Å². The predicted octanol–water partition coefficient (Wildman–Crippen LogP) is 3.44. The summed E-state index contributed by atoms with van der Waals surface area (Å²) in [5.41, 5.74) is 2.49. The zero-order valence-electron chi connectivity index (χ0n) is 14.3. The van der Waals surface area contributed by atoms with Crippen molar-refractivity contribution in [3.63, 3.8) is 0 Å². The minimum absolute atomic E-state index is 0.0757. The van der Waals surface area contributed by atoms with Crippen molar-refractivity contribution in [2.75, 3.05) is 12.4 Å². The van der Waals surface area contributed by atoms with Gasteiger partial charge in [-0.2, -0.15) is 4.98 Å². The van der Waals surface area contributed by atoms with Crippen LogP contribution in [0.5, 0.6) is 0 Å². The van der Waals surface area contributed by atoms with Crippen LogP contribution in [0.15, 0.2) is 9.82 Å². The van der Waals surface area contributed by atoms with Crippen LogP contribution in [0, 0.1) is 5.92 Å². The third-order valence-electron chi connectivity index (χ3n) is 4.79. The summed E-state index contributed by atoms with van der Waals surface area (Å²) < 4.78 is 7.65. The van der Waals surface area contributed by atoms with Crippen LogP contribution in [-0.4, -0.2) is 28.0 Å². The van der Waals surface area contributed by atoms with Gasteiger partial charge in [0.15, 0.2) is 0 Å². The highest BCUT2D eigenvalue weighted by molar-refractivity contribution is 7.99. The zero-order valence-corrected chi connectivity index (χ0v) is 15.2. The highest BCUT2D eigenvalue weighted by Crippen LogP contribution is 2.29. The minimum atomic E-state index is -0.0757. The Labute approximate surface area is 143 Å². The van der Waals surface area contributed by atoms with Crippen molar-refractivity contribution in [2.45, 2.75) is 76.5 Å². The lowest BCUT2D eigenvalue weighted by atomic mass is 9.97. The maximum atomic E-state index is 12.6. The average molecular weight is 337 g/mol. The van der Waals surface area contributed by atoms with Crippen molar-refractivity contribution < 1.29 is 4.74 Å². The molecule has 1 aromatic rings. The minimum Gasteiger partial charge on any atom is -0.376 e. The topological polar surface area (TPSA) is 44.1 Å². The Morgan fingerprint density at radius 3 is 2.87 bits per heavy atom. The number of ether oxygens (including phenoxy) is 1. The third kappa shape index (κ3) is 4.18. The quantitative estimate of drug-likeness (QED) is 0.590. The number of hydrogen-bond donors (Lipinski definition) is 0. The van der Waals surface area contributed by atoms with E-state index in [4.69, 9.17) is 4.74 Å². The Morgan fingerprint density at radius 2 is 2.13 bits per heavy atom. The monoisotopic (exact) mass is 336 g/mol. The summed E-state index contributed by atoms with van der Waals surface area (Å²) in [6.45, 7) is 6.00. The molecule has 4 nitrogen and oxygen atoms in total. The van der Waals surface area contributed by atoms with E-state index >= 15 is 0 Å². The highest BCUT2D eigenvalue weighted by Gasteiger charge is 2.23. The summed E-state index contributed by atoms with van der Waals surface area (Å²) in [5, 5.41) is 0.994. The van der Waals surface area contributed by atoms with E-state index < -0.39 is 0 Å². The van der Waals surface area contributed by atoms with Crippen LogP contribution in [0.3, 0.4) is 0 Å². The molecule has 2 heterocycles.